The molecule has 0 spiro atoms. The Bertz CT molecular complexity index is 488. The largest absolute Gasteiger partial charge is 0.314 e. The van der Waals surface area contributed by atoms with Gasteiger partial charge in [-0.3, -0.25) is 9.71 Å². The molecule has 6 nitrogen and oxygen atoms in total. The lowest BCUT2D eigenvalue weighted by molar-refractivity contribution is 0.458. The van der Waals surface area contributed by atoms with E-state index in [9.17, 15) is 8.42 Å². The highest BCUT2D eigenvalue weighted by molar-refractivity contribution is 7.90. The van der Waals surface area contributed by atoms with Crippen LogP contribution in [0.3, 0.4) is 0 Å². The van der Waals surface area contributed by atoms with Crippen molar-refractivity contribution in [2.24, 2.45) is 0 Å². The molecule has 1 aliphatic carbocycles. The summed E-state index contributed by atoms with van der Waals surface area (Å²) in [5, 5.41) is 3.36. The molecular weight excluding hydrogens is 264 g/mol. The second-order valence-corrected chi connectivity index (χ2v) is 6.52. The SMILES string of the molecule is CN(CCCNC1CC1)S(=O)(=O)Nc1ccncc1. The molecule has 19 heavy (non-hydrogen) atoms. The van der Waals surface area contributed by atoms with Crippen molar-refractivity contribution in [2.45, 2.75) is 25.3 Å². The van der Waals surface area contributed by atoms with Crippen LogP contribution in [0.15, 0.2) is 24.5 Å². The van der Waals surface area contributed by atoms with E-state index < -0.39 is 10.2 Å². The van der Waals surface area contributed by atoms with Gasteiger partial charge >= 0.3 is 10.2 Å². The minimum atomic E-state index is -3.47. The van der Waals surface area contributed by atoms with Crippen LogP contribution in [0.1, 0.15) is 19.3 Å². The van der Waals surface area contributed by atoms with E-state index >= 15 is 0 Å². The van der Waals surface area contributed by atoms with E-state index in [-0.39, 0.29) is 0 Å². The summed E-state index contributed by atoms with van der Waals surface area (Å²) >= 11 is 0. The molecule has 1 aliphatic rings. The van der Waals surface area contributed by atoms with Gasteiger partial charge in [0.05, 0.1) is 5.69 Å². The molecule has 1 fully saturated rings. The van der Waals surface area contributed by atoms with Gasteiger partial charge in [-0.25, -0.2) is 0 Å². The third-order valence-corrected chi connectivity index (χ3v) is 4.49. The Hall–Kier alpha value is -1.18. The summed E-state index contributed by atoms with van der Waals surface area (Å²) in [5.74, 6) is 0. The van der Waals surface area contributed by atoms with Crippen LogP contribution in [0.4, 0.5) is 5.69 Å². The standard InChI is InChI=1S/C12H20N4O2S/c1-16(10-2-7-14-11-3-4-11)19(17,18)15-12-5-8-13-9-6-12/h5-6,8-9,11,14H,2-4,7,10H2,1H3,(H,13,15). The first-order valence-corrected chi connectivity index (χ1v) is 7.89. The molecule has 0 bridgehead atoms. The van der Waals surface area contributed by atoms with Crippen molar-refractivity contribution in [1.29, 1.82) is 0 Å². The van der Waals surface area contributed by atoms with Crippen molar-refractivity contribution in [3.63, 3.8) is 0 Å². The van der Waals surface area contributed by atoms with Gasteiger partial charge in [0.1, 0.15) is 0 Å². The predicted molar refractivity (Wildman–Crippen MR) is 75.1 cm³/mol. The first kappa shape index (κ1) is 14.2. The zero-order valence-corrected chi connectivity index (χ0v) is 11.9. The fourth-order valence-corrected chi connectivity index (χ4v) is 2.62. The molecule has 1 aromatic rings. The van der Waals surface area contributed by atoms with Crippen molar-refractivity contribution in [1.82, 2.24) is 14.6 Å². The van der Waals surface area contributed by atoms with Crippen LogP contribution < -0.4 is 10.0 Å². The van der Waals surface area contributed by atoms with Gasteiger partial charge in [0.2, 0.25) is 0 Å². The molecule has 1 heterocycles. The molecule has 0 radical (unpaired) electrons. The minimum Gasteiger partial charge on any atom is -0.314 e. The smallest absolute Gasteiger partial charge is 0.301 e. The van der Waals surface area contributed by atoms with Gasteiger partial charge in [-0.1, -0.05) is 0 Å². The molecule has 106 valence electrons. The van der Waals surface area contributed by atoms with Crippen LogP contribution in [0.5, 0.6) is 0 Å². The van der Waals surface area contributed by atoms with E-state index in [0.29, 0.717) is 18.3 Å². The maximum atomic E-state index is 12.0. The minimum absolute atomic E-state index is 0.500. The number of rotatable bonds is 8. The van der Waals surface area contributed by atoms with E-state index in [1.165, 1.54) is 17.1 Å². The number of hydrogen-bond acceptors (Lipinski definition) is 4. The molecule has 1 saturated carbocycles. The highest BCUT2D eigenvalue weighted by atomic mass is 32.2. The molecule has 7 heteroatoms. The summed E-state index contributed by atoms with van der Waals surface area (Å²) in [6, 6.07) is 3.91. The Balaban J connectivity index is 1.77. The van der Waals surface area contributed by atoms with Crippen LogP contribution in [0, 0.1) is 0 Å². The lowest BCUT2D eigenvalue weighted by atomic mass is 10.4. The summed E-state index contributed by atoms with van der Waals surface area (Å²) in [5.41, 5.74) is 0.526. The van der Waals surface area contributed by atoms with Gasteiger partial charge in [0.15, 0.2) is 0 Å². The number of aromatic nitrogens is 1. The molecule has 0 aliphatic heterocycles. The average molecular weight is 284 g/mol. The quantitative estimate of drug-likeness (QED) is 0.693. The number of pyridine rings is 1. The number of nitrogens with one attached hydrogen (secondary N) is 2. The Morgan fingerprint density at radius 3 is 2.68 bits per heavy atom. The fourth-order valence-electron chi connectivity index (χ4n) is 1.66. The topological polar surface area (TPSA) is 74.3 Å². The second kappa shape index (κ2) is 6.31. The van der Waals surface area contributed by atoms with E-state index in [1.807, 2.05) is 0 Å². The molecule has 0 saturated heterocycles. The lowest BCUT2D eigenvalue weighted by Crippen LogP contribution is -2.34. The summed E-state index contributed by atoms with van der Waals surface area (Å²) < 4.78 is 27.9. The molecule has 1 aromatic heterocycles. The highest BCUT2D eigenvalue weighted by Gasteiger charge is 2.20. The van der Waals surface area contributed by atoms with Crippen LogP contribution >= 0.6 is 0 Å². The van der Waals surface area contributed by atoms with Gasteiger partial charge in [0.25, 0.3) is 0 Å². The number of hydrogen-bond donors (Lipinski definition) is 2. The van der Waals surface area contributed by atoms with Crippen LogP contribution in [-0.4, -0.2) is 43.9 Å². The average Bonchev–Trinajstić information content (AvgIpc) is 3.19. The predicted octanol–water partition coefficient (Wildman–Crippen LogP) is 0.812. The van der Waals surface area contributed by atoms with Gasteiger partial charge < -0.3 is 5.32 Å². The summed E-state index contributed by atoms with van der Waals surface area (Å²) in [4.78, 5) is 3.85. The first-order chi connectivity index (χ1) is 9.08. The van der Waals surface area contributed by atoms with Gasteiger partial charge in [-0.15, -0.1) is 0 Å². The number of anilines is 1. The summed E-state index contributed by atoms with van der Waals surface area (Å²) in [7, 11) is -1.89. The van der Waals surface area contributed by atoms with Gasteiger partial charge in [-0.2, -0.15) is 12.7 Å². The van der Waals surface area contributed by atoms with E-state index in [2.05, 4.69) is 15.0 Å². The Labute approximate surface area is 114 Å². The monoisotopic (exact) mass is 284 g/mol. The third-order valence-electron chi connectivity index (χ3n) is 3.00. The molecule has 2 rings (SSSR count). The molecule has 0 amide bonds. The zero-order valence-electron chi connectivity index (χ0n) is 11.0. The Morgan fingerprint density at radius 1 is 1.37 bits per heavy atom. The van der Waals surface area contributed by atoms with Gasteiger partial charge in [-0.05, 0) is 37.9 Å². The Morgan fingerprint density at radius 2 is 2.05 bits per heavy atom. The van der Waals surface area contributed by atoms with E-state index in [0.717, 1.165) is 13.0 Å². The van der Waals surface area contributed by atoms with Crippen molar-refractivity contribution < 1.29 is 8.42 Å². The van der Waals surface area contributed by atoms with E-state index in [4.69, 9.17) is 0 Å². The van der Waals surface area contributed by atoms with Crippen LogP contribution in [-0.2, 0) is 10.2 Å². The first-order valence-electron chi connectivity index (χ1n) is 6.45. The van der Waals surface area contributed by atoms with Crippen molar-refractivity contribution in [3.8, 4) is 0 Å². The summed E-state index contributed by atoms with van der Waals surface area (Å²) in [6.07, 6.45) is 6.41. The van der Waals surface area contributed by atoms with Crippen molar-refractivity contribution in [3.05, 3.63) is 24.5 Å². The molecule has 0 aromatic carbocycles. The maximum absolute atomic E-state index is 12.0. The third kappa shape index (κ3) is 4.77. The molecule has 2 N–H and O–H groups in total. The van der Waals surface area contributed by atoms with E-state index in [1.54, 1.807) is 31.6 Å². The Kier molecular flexibility index (Phi) is 4.73. The molecule has 0 unspecified atom stereocenters. The fraction of sp³-hybridized carbons (Fsp3) is 0.583. The molecule has 0 atom stereocenters. The highest BCUT2D eigenvalue weighted by Crippen LogP contribution is 2.18. The zero-order chi connectivity index (χ0) is 13.7. The van der Waals surface area contributed by atoms with Crippen LogP contribution in [0.2, 0.25) is 0 Å². The normalized spacial score (nSPS) is 15.7. The maximum Gasteiger partial charge on any atom is 0.301 e. The van der Waals surface area contributed by atoms with Crippen molar-refractivity contribution in [2.75, 3.05) is 24.9 Å². The number of nitrogens with zero attached hydrogens (tertiary/aromatic N) is 2. The molecular formula is C12H20N4O2S. The van der Waals surface area contributed by atoms with Crippen molar-refractivity contribution >= 4 is 15.9 Å². The van der Waals surface area contributed by atoms with Crippen LogP contribution in [0.25, 0.3) is 0 Å². The van der Waals surface area contributed by atoms with Gasteiger partial charge in [0, 0.05) is 32.0 Å². The second-order valence-electron chi connectivity index (χ2n) is 4.75. The lowest BCUT2D eigenvalue weighted by Gasteiger charge is -2.18. The summed E-state index contributed by atoms with van der Waals surface area (Å²) in [6.45, 7) is 1.36.